The van der Waals surface area contributed by atoms with E-state index in [9.17, 15) is 10.1 Å². The first-order valence-electron chi connectivity index (χ1n) is 9.22. The van der Waals surface area contributed by atoms with Crippen molar-refractivity contribution in [1.29, 1.82) is 5.26 Å². The number of ether oxygens (including phenoxy) is 1. The Morgan fingerprint density at radius 1 is 1.13 bits per heavy atom. The van der Waals surface area contributed by atoms with E-state index in [0.29, 0.717) is 33.7 Å². The van der Waals surface area contributed by atoms with Gasteiger partial charge in [-0.15, -0.1) is 0 Å². The van der Waals surface area contributed by atoms with E-state index >= 15 is 0 Å². The number of rotatable bonds is 6. The van der Waals surface area contributed by atoms with Crippen LogP contribution in [0.2, 0.25) is 10.0 Å². The number of hydrogen-bond donors (Lipinski definition) is 1. The van der Waals surface area contributed by atoms with Crippen LogP contribution in [-0.4, -0.2) is 5.91 Å². The number of benzene rings is 3. The highest BCUT2D eigenvalue weighted by atomic mass is 79.9. The molecule has 1 N–H and O–H groups in total. The SMILES string of the molecule is Cc1ccc(Cl)cc1NC(=O)/C(C#N)=C/c1cc(Cl)ccc1OCc1ccccc1Br. The minimum absolute atomic E-state index is 0.0904. The zero-order valence-corrected chi connectivity index (χ0v) is 19.6. The summed E-state index contributed by atoms with van der Waals surface area (Å²) in [6.45, 7) is 2.14. The molecular formula is C24H17BrCl2N2O2. The maximum Gasteiger partial charge on any atom is 0.266 e. The molecule has 3 rings (SSSR count). The Balaban J connectivity index is 1.86. The van der Waals surface area contributed by atoms with Gasteiger partial charge >= 0.3 is 0 Å². The number of halogens is 3. The summed E-state index contributed by atoms with van der Waals surface area (Å²) in [5, 5.41) is 13.3. The van der Waals surface area contributed by atoms with Crippen molar-refractivity contribution in [3.05, 3.63) is 97.4 Å². The van der Waals surface area contributed by atoms with E-state index < -0.39 is 5.91 Å². The zero-order valence-electron chi connectivity index (χ0n) is 16.5. The van der Waals surface area contributed by atoms with Crippen molar-refractivity contribution < 1.29 is 9.53 Å². The smallest absolute Gasteiger partial charge is 0.266 e. The number of carbonyl (C=O) groups excluding carboxylic acids is 1. The molecule has 0 atom stereocenters. The molecule has 0 bridgehead atoms. The summed E-state index contributed by atoms with van der Waals surface area (Å²) in [6.07, 6.45) is 1.45. The molecule has 0 fully saturated rings. The number of nitrogens with zero attached hydrogens (tertiary/aromatic N) is 1. The molecule has 0 aliphatic heterocycles. The van der Waals surface area contributed by atoms with Gasteiger partial charge in [-0.2, -0.15) is 5.26 Å². The summed E-state index contributed by atoms with van der Waals surface area (Å²) in [5.74, 6) is -0.0516. The van der Waals surface area contributed by atoms with E-state index in [1.54, 1.807) is 36.4 Å². The fourth-order valence-electron chi connectivity index (χ4n) is 2.76. The lowest BCUT2D eigenvalue weighted by Gasteiger charge is -2.12. The van der Waals surface area contributed by atoms with Gasteiger partial charge in [0.15, 0.2) is 0 Å². The average Bonchev–Trinajstić information content (AvgIpc) is 2.75. The second kappa shape index (κ2) is 10.5. The summed E-state index contributed by atoms with van der Waals surface area (Å²) in [5.41, 5.74) is 2.76. The number of amides is 1. The van der Waals surface area contributed by atoms with Gasteiger partial charge in [-0.1, -0.05) is 63.4 Å². The molecule has 156 valence electrons. The molecule has 3 aromatic rings. The molecule has 0 aromatic heterocycles. The highest BCUT2D eigenvalue weighted by molar-refractivity contribution is 9.10. The van der Waals surface area contributed by atoms with E-state index in [1.807, 2.05) is 37.3 Å². The number of aryl methyl sites for hydroxylation is 1. The summed E-state index contributed by atoms with van der Waals surface area (Å²) in [4.78, 5) is 12.7. The van der Waals surface area contributed by atoms with Crippen LogP contribution in [-0.2, 0) is 11.4 Å². The molecule has 0 saturated carbocycles. The standard InChI is InChI=1S/C24H17BrCl2N2O2/c1-15-6-7-20(27)12-22(15)29-24(30)18(13-28)10-17-11-19(26)8-9-23(17)31-14-16-4-2-3-5-21(16)25/h2-12H,14H2,1H3,(H,29,30)/b18-10+. The van der Waals surface area contributed by atoms with Crippen LogP contribution in [0.5, 0.6) is 5.75 Å². The maximum absolute atomic E-state index is 12.7. The molecule has 0 heterocycles. The molecular weight excluding hydrogens is 499 g/mol. The van der Waals surface area contributed by atoms with Crippen LogP contribution in [0.3, 0.4) is 0 Å². The van der Waals surface area contributed by atoms with Gasteiger partial charge in [0.05, 0.1) is 0 Å². The third-order valence-electron chi connectivity index (χ3n) is 4.43. The number of anilines is 1. The molecule has 0 saturated heterocycles. The number of nitriles is 1. The molecule has 0 unspecified atom stereocenters. The second-order valence-corrected chi connectivity index (χ2v) is 8.37. The van der Waals surface area contributed by atoms with E-state index in [1.165, 1.54) is 6.08 Å². The van der Waals surface area contributed by atoms with Gasteiger partial charge in [-0.3, -0.25) is 4.79 Å². The average molecular weight is 516 g/mol. The number of carbonyl (C=O) groups is 1. The van der Waals surface area contributed by atoms with Crippen LogP contribution in [0.25, 0.3) is 6.08 Å². The highest BCUT2D eigenvalue weighted by Crippen LogP contribution is 2.28. The molecule has 1 amide bonds. The lowest BCUT2D eigenvalue weighted by atomic mass is 10.1. The van der Waals surface area contributed by atoms with Gasteiger partial charge < -0.3 is 10.1 Å². The molecule has 0 spiro atoms. The third-order valence-corrected chi connectivity index (χ3v) is 5.67. The Kier molecular flexibility index (Phi) is 7.75. The fourth-order valence-corrected chi connectivity index (χ4v) is 3.51. The first-order chi connectivity index (χ1) is 14.9. The molecule has 0 aliphatic rings. The predicted molar refractivity (Wildman–Crippen MR) is 128 cm³/mol. The minimum Gasteiger partial charge on any atom is -0.488 e. The molecule has 0 aliphatic carbocycles. The Bertz CT molecular complexity index is 1200. The maximum atomic E-state index is 12.7. The van der Waals surface area contributed by atoms with Gasteiger partial charge in [-0.05, 0) is 55.0 Å². The van der Waals surface area contributed by atoms with Crippen LogP contribution >= 0.6 is 39.1 Å². The highest BCUT2D eigenvalue weighted by Gasteiger charge is 2.14. The van der Waals surface area contributed by atoms with Gasteiger partial charge in [0.25, 0.3) is 5.91 Å². The number of hydrogen-bond acceptors (Lipinski definition) is 3. The van der Waals surface area contributed by atoms with E-state index in [2.05, 4.69) is 21.2 Å². The number of nitrogens with one attached hydrogen (secondary N) is 1. The summed E-state index contributed by atoms with van der Waals surface area (Å²) >= 11 is 15.7. The Morgan fingerprint density at radius 3 is 2.58 bits per heavy atom. The van der Waals surface area contributed by atoms with Gasteiger partial charge in [0, 0.05) is 31.3 Å². The van der Waals surface area contributed by atoms with Crippen molar-refractivity contribution in [2.24, 2.45) is 0 Å². The molecule has 3 aromatic carbocycles. The van der Waals surface area contributed by atoms with E-state index in [4.69, 9.17) is 27.9 Å². The van der Waals surface area contributed by atoms with Gasteiger partial charge in [-0.25, -0.2) is 0 Å². The molecule has 7 heteroatoms. The first-order valence-corrected chi connectivity index (χ1v) is 10.8. The molecule has 0 radical (unpaired) electrons. The Hall–Kier alpha value is -2.78. The Morgan fingerprint density at radius 2 is 1.84 bits per heavy atom. The zero-order chi connectivity index (χ0) is 22.4. The van der Waals surface area contributed by atoms with Gasteiger partial charge in [0.1, 0.15) is 24.0 Å². The molecule has 31 heavy (non-hydrogen) atoms. The van der Waals surface area contributed by atoms with Crippen LogP contribution < -0.4 is 10.1 Å². The van der Waals surface area contributed by atoms with Crippen molar-refractivity contribution in [2.45, 2.75) is 13.5 Å². The van der Waals surface area contributed by atoms with Crippen molar-refractivity contribution in [3.8, 4) is 11.8 Å². The van der Waals surface area contributed by atoms with Crippen molar-refractivity contribution >= 4 is 56.8 Å². The summed E-state index contributed by atoms with van der Waals surface area (Å²) in [6, 6.07) is 19.8. The predicted octanol–water partition coefficient (Wildman–Crippen LogP) is 7.19. The van der Waals surface area contributed by atoms with Gasteiger partial charge in [0.2, 0.25) is 0 Å². The van der Waals surface area contributed by atoms with Crippen molar-refractivity contribution in [3.63, 3.8) is 0 Å². The quantitative estimate of drug-likeness (QED) is 0.279. The third kappa shape index (κ3) is 6.11. The lowest BCUT2D eigenvalue weighted by molar-refractivity contribution is -0.112. The second-order valence-electron chi connectivity index (χ2n) is 6.65. The van der Waals surface area contributed by atoms with Crippen LogP contribution in [0.15, 0.2) is 70.7 Å². The van der Waals surface area contributed by atoms with Crippen LogP contribution in [0.1, 0.15) is 16.7 Å². The normalized spacial score (nSPS) is 11.0. The topological polar surface area (TPSA) is 62.1 Å². The van der Waals surface area contributed by atoms with E-state index in [0.717, 1.165) is 15.6 Å². The Labute approximate surface area is 199 Å². The van der Waals surface area contributed by atoms with Crippen LogP contribution in [0.4, 0.5) is 5.69 Å². The van der Waals surface area contributed by atoms with Crippen molar-refractivity contribution in [1.82, 2.24) is 0 Å². The first kappa shape index (κ1) is 22.9. The summed E-state index contributed by atoms with van der Waals surface area (Å²) in [7, 11) is 0. The van der Waals surface area contributed by atoms with Crippen molar-refractivity contribution in [2.75, 3.05) is 5.32 Å². The summed E-state index contributed by atoms with van der Waals surface area (Å²) < 4.78 is 6.87. The lowest BCUT2D eigenvalue weighted by Crippen LogP contribution is -2.14. The largest absolute Gasteiger partial charge is 0.488 e. The van der Waals surface area contributed by atoms with E-state index in [-0.39, 0.29) is 5.57 Å². The van der Waals surface area contributed by atoms with Crippen LogP contribution in [0, 0.1) is 18.3 Å². The monoisotopic (exact) mass is 514 g/mol. The fraction of sp³-hybridized carbons (Fsp3) is 0.0833. The minimum atomic E-state index is -0.551. The molecule has 4 nitrogen and oxygen atoms in total.